The lowest BCUT2D eigenvalue weighted by Gasteiger charge is -2.16. The molecule has 5 rings (SSSR count). The summed E-state index contributed by atoms with van der Waals surface area (Å²) in [6.45, 7) is 1.69. The van der Waals surface area contributed by atoms with E-state index in [2.05, 4.69) is 31.2 Å². The molecule has 0 aliphatic heterocycles. The molecule has 8 nitrogen and oxygen atoms in total. The van der Waals surface area contributed by atoms with Crippen LogP contribution in [0.4, 0.5) is 10.1 Å². The summed E-state index contributed by atoms with van der Waals surface area (Å²) in [4.78, 5) is 35.0. The van der Waals surface area contributed by atoms with Crippen molar-refractivity contribution >= 4 is 44.5 Å². The van der Waals surface area contributed by atoms with Crippen molar-refractivity contribution in [1.82, 2.24) is 9.97 Å². The molecule has 10 heteroatoms. The van der Waals surface area contributed by atoms with Gasteiger partial charge in [-0.1, -0.05) is 22.9 Å². The van der Waals surface area contributed by atoms with E-state index in [9.17, 15) is 14.0 Å². The van der Waals surface area contributed by atoms with E-state index in [4.69, 9.17) is 13.6 Å². The van der Waals surface area contributed by atoms with Crippen molar-refractivity contribution in [3.63, 3.8) is 0 Å². The number of benzene rings is 2. The van der Waals surface area contributed by atoms with Crippen LogP contribution in [0.3, 0.4) is 0 Å². The van der Waals surface area contributed by atoms with E-state index in [-0.39, 0.29) is 17.7 Å². The number of rotatable bonds is 7. The Morgan fingerprint density at radius 1 is 0.973 bits per heavy atom. The van der Waals surface area contributed by atoms with E-state index < -0.39 is 23.8 Å². The number of ether oxygens (including phenoxy) is 1. The first kappa shape index (κ1) is 24.4. The van der Waals surface area contributed by atoms with Gasteiger partial charge in [0, 0.05) is 4.47 Å². The molecule has 0 aliphatic carbocycles. The number of hydrogen-bond acceptors (Lipinski definition) is 7. The average Bonchev–Trinajstić information content (AvgIpc) is 3.62. The van der Waals surface area contributed by atoms with Crippen LogP contribution in [0.5, 0.6) is 0 Å². The number of fused-ring (bicyclic) bond motifs is 1. The third-order valence-electron chi connectivity index (χ3n) is 5.51. The fraction of sp³-hybridized carbons (Fsp3) is 0.111. The Labute approximate surface area is 218 Å². The summed E-state index contributed by atoms with van der Waals surface area (Å²) in [5, 5.41) is 2.46. The minimum atomic E-state index is -1.13. The van der Waals surface area contributed by atoms with Gasteiger partial charge >= 0.3 is 5.97 Å². The van der Waals surface area contributed by atoms with E-state index in [1.165, 1.54) is 36.8 Å². The van der Waals surface area contributed by atoms with Crippen molar-refractivity contribution in [2.75, 3.05) is 5.32 Å². The topological polar surface area (TPSA) is 107 Å². The highest BCUT2D eigenvalue weighted by molar-refractivity contribution is 9.10. The number of halogens is 2. The standard InChI is InChI=1S/C27H19BrFN3O5/c1-2-21(26(33)32-18-10-8-16(28)14-17(18)29)37-27(34)15-7-9-19-20(13-15)31-25(23-6-4-12-36-23)24(30-19)22-5-3-11-35-22/h3-14,21H,2H2,1H3,(H,32,33). The van der Waals surface area contributed by atoms with Crippen molar-refractivity contribution in [1.29, 1.82) is 0 Å². The van der Waals surface area contributed by atoms with Crippen LogP contribution in [0.15, 0.2) is 86.5 Å². The zero-order valence-corrected chi connectivity index (χ0v) is 21.0. The number of hydrogen-bond donors (Lipinski definition) is 1. The second-order valence-electron chi connectivity index (χ2n) is 7.99. The number of amides is 1. The van der Waals surface area contributed by atoms with Gasteiger partial charge in [0.25, 0.3) is 5.91 Å². The molecular weight excluding hydrogens is 545 g/mol. The lowest BCUT2D eigenvalue weighted by Crippen LogP contribution is -2.32. The second-order valence-corrected chi connectivity index (χ2v) is 8.91. The van der Waals surface area contributed by atoms with E-state index in [0.717, 1.165) is 0 Å². The molecule has 186 valence electrons. The predicted octanol–water partition coefficient (Wildman–Crippen LogP) is 6.63. The van der Waals surface area contributed by atoms with Crippen LogP contribution >= 0.6 is 15.9 Å². The van der Waals surface area contributed by atoms with Gasteiger partial charge in [-0.15, -0.1) is 0 Å². The Kier molecular flexibility index (Phi) is 6.82. The van der Waals surface area contributed by atoms with Crippen molar-refractivity contribution in [2.45, 2.75) is 19.4 Å². The van der Waals surface area contributed by atoms with Crippen molar-refractivity contribution < 1.29 is 27.6 Å². The minimum Gasteiger partial charge on any atom is -0.463 e. The smallest absolute Gasteiger partial charge is 0.338 e. The molecule has 1 atom stereocenters. The molecule has 1 N–H and O–H groups in total. The largest absolute Gasteiger partial charge is 0.463 e. The van der Waals surface area contributed by atoms with Gasteiger partial charge in [0.15, 0.2) is 17.6 Å². The average molecular weight is 564 g/mol. The molecule has 0 bridgehead atoms. The van der Waals surface area contributed by atoms with Gasteiger partial charge in [-0.2, -0.15) is 0 Å². The summed E-state index contributed by atoms with van der Waals surface area (Å²) in [5.74, 6) is -0.976. The van der Waals surface area contributed by atoms with Crippen LogP contribution < -0.4 is 5.32 Å². The molecule has 0 saturated carbocycles. The highest BCUT2D eigenvalue weighted by Crippen LogP contribution is 2.32. The summed E-state index contributed by atoms with van der Waals surface area (Å²) in [5.41, 5.74) is 2.05. The van der Waals surface area contributed by atoms with Crippen LogP contribution in [-0.4, -0.2) is 27.9 Å². The molecule has 0 radical (unpaired) electrons. The Morgan fingerprint density at radius 2 is 1.65 bits per heavy atom. The summed E-state index contributed by atoms with van der Waals surface area (Å²) in [7, 11) is 0. The van der Waals surface area contributed by atoms with E-state index in [1.54, 1.807) is 43.3 Å². The number of carbonyl (C=O) groups excluding carboxylic acids is 2. The maximum atomic E-state index is 14.1. The first-order valence-electron chi connectivity index (χ1n) is 11.3. The molecule has 0 fully saturated rings. The van der Waals surface area contributed by atoms with Crippen LogP contribution in [-0.2, 0) is 9.53 Å². The molecule has 0 aliphatic rings. The van der Waals surface area contributed by atoms with Crippen LogP contribution in [0, 0.1) is 5.82 Å². The number of anilines is 1. The quantitative estimate of drug-likeness (QED) is 0.221. The number of nitrogens with zero attached hydrogens (tertiary/aromatic N) is 2. The summed E-state index contributed by atoms with van der Waals surface area (Å²) < 4.78 is 31.2. The first-order valence-corrected chi connectivity index (χ1v) is 12.1. The number of nitrogens with one attached hydrogen (secondary N) is 1. The van der Waals surface area contributed by atoms with Crippen LogP contribution in [0.1, 0.15) is 23.7 Å². The van der Waals surface area contributed by atoms with Gasteiger partial charge in [-0.25, -0.2) is 19.2 Å². The highest BCUT2D eigenvalue weighted by atomic mass is 79.9. The van der Waals surface area contributed by atoms with Crippen molar-refractivity contribution in [2.24, 2.45) is 0 Å². The fourth-order valence-electron chi connectivity index (χ4n) is 3.68. The minimum absolute atomic E-state index is 0.0125. The predicted molar refractivity (Wildman–Crippen MR) is 137 cm³/mol. The number of carbonyl (C=O) groups is 2. The van der Waals surface area contributed by atoms with E-state index in [1.807, 2.05) is 0 Å². The van der Waals surface area contributed by atoms with Gasteiger partial charge in [-0.3, -0.25) is 4.79 Å². The van der Waals surface area contributed by atoms with Gasteiger partial charge in [-0.05, 0) is 67.1 Å². The molecule has 0 saturated heterocycles. The Bertz CT molecular complexity index is 1590. The lowest BCUT2D eigenvalue weighted by atomic mass is 10.1. The van der Waals surface area contributed by atoms with Gasteiger partial charge in [0.2, 0.25) is 0 Å². The monoisotopic (exact) mass is 563 g/mol. The molecule has 0 spiro atoms. The molecule has 1 amide bonds. The van der Waals surface area contributed by atoms with Gasteiger partial charge in [0.05, 0.1) is 34.8 Å². The highest BCUT2D eigenvalue weighted by Gasteiger charge is 2.24. The summed E-state index contributed by atoms with van der Waals surface area (Å²) in [6, 6.07) is 15.9. The van der Waals surface area contributed by atoms with Crippen molar-refractivity contribution in [3.8, 4) is 22.9 Å². The molecule has 5 aromatic rings. The Morgan fingerprint density at radius 3 is 2.24 bits per heavy atom. The number of aromatic nitrogens is 2. The molecule has 37 heavy (non-hydrogen) atoms. The molecular formula is C27H19BrFN3O5. The fourth-order valence-corrected chi connectivity index (χ4v) is 4.01. The molecule has 3 aromatic heterocycles. The second kappa shape index (κ2) is 10.4. The summed E-state index contributed by atoms with van der Waals surface area (Å²) >= 11 is 3.17. The number of esters is 1. The zero-order valence-electron chi connectivity index (χ0n) is 19.4. The maximum Gasteiger partial charge on any atom is 0.338 e. The number of furan rings is 2. The molecule has 1 unspecified atom stereocenters. The van der Waals surface area contributed by atoms with Crippen LogP contribution in [0.2, 0.25) is 0 Å². The first-order chi connectivity index (χ1) is 17.9. The lowest BCUT2D eigenvalue weighted by molar-refractivity contribution is -0.124. The third-order valence-corrected chi connectivity index (χ3v) is 6.00. The van der Waals surface area contributed by atoms with Crippen LogP contribution in [0.25, 0.3) is 33.9 Å². The zero-order chi connectivity index (χ0) is 25.9. The third kappa shape index (κ3) is 5.14. The van der Waals surface area contributed by atoms with Gasteiger partial charge < -0.3 is 18.9 Å². The van der Waals surface area contributed by atoms with Gasteiger partial charge in [0.1, 0.15) is 17.2 Å². The van der Waals surface area contributed by atoms with E-state index in [0.29, 0.717) is 38.4 Å². The molecule has 2 aromatic carbocycles. The summed E-state index contributed by atoms with van der Waals surface area (Å²) in [6.07, 6.45) is 2.13. The SMILES string of the molecule is CCC(OC(=O)c1ccc2nc(-c3ccco3)c(-c3ccco3)nc2c1)C(=O)Nc1ccc(Br)cc1F. The van der Waals surface area contributed by atoms with Crippen molar-refractivity contribution in [3.05, 3.63) is 89.0 Å². The normalized spacial score (nSPS) is 11.9. The van der Waals surface area contributed by atoms with E-state index >= 15 is 0 Å². The Balaban J connectivity index is 1.41. The Hall–Kier alpha value is -4.31. The molecule has 3 heterocycles. The maximum absolute atomic E-state index is 14.1.